The Balaban J connectivity index is 1.87. The maximum absolute atomic E-state index is 12.5. The molecule has 1 saturated carbocycles. The van der Waals surface area contributed by atoms with Crippen LogP contribution in [0, 0.1) is 0 Å². The molecule has 1 amide bonds. The van der Waals surface area contributed by atoms with Crippen LogP contribution in [0.3, 0.4) is 0 Å². The monoisotopic (exact) mass is 289 g/mol. The molecule has 7 nitrogen and oxygen atoms in total. The Morgan fingerprint density at radius 3 is 3.00 bits per heavy atom. The third kappa shape index (κ3) is 2.61. The summed E-state index contributed by atoms with van der Waals surface area (Å²) in [6.07, 6.45) is 6.75. The molecule has 0 spiro atoms. The van der Waals surface area contributed by atoms with Crippen molar-refractivity contribution in [2.24, 2.45) is 0 Å². The summed E-state index contributed by atoms with van der Waals surface area (Å²) in [5.41, 5.74) is 1.27. The predicted molar refractivity (Wildman–Crippen MR) is 75.9 cm³/mol. The van der Waals surface area contributed by atoms with Gasteiger partial charge in [0.25, 0.3) is 11.7 Å². The predicted octanol–water partition coefficient (Wildman–Crippen LogP) is 0.720. The van der Waals surface area contributed by atoms with Gasteiger partial charge >= 0.3 is 0 Å². The van der Waals surface area contributed by atoms with Crippen LogP contribution in [-0.4, -0.2) is 42.7 Å². The summed E-state index contributed by atoms with van der Waals surface area (Å²) in [6.45, 7) is 1.96. The van der Waals surface area contributed by atoms with Gasteiger partial charge in [0.15, 0.2) is 0 Å². The van der Waals surface area contributed by atoms with E-state index < -0.39 is 6.10 Å². The molecule has 7 heteroatoms. The number of hydrogen-bond donors (Lipinski definition) is 2. The Hall–Kier alpha value is -2.02. The van der Waals surface area contributed by atoms with Gasteiger partial charge in [0.1, 0.15) is 6.33 Å². The fraction of sp³-hybridized carbons (Fsp3) is 0.571. The number of hydrogen-bond acceptors (Lipinski definition) is 5. The molecule has 112 valence electrons. The molecule has 2 atom stereocenters. The summed E-state index contributed by atoms with van der Waals surface area (Å²) in [4.78, 5) is 20.7. The third-order valence-corrected chi connectivity index (χ3v) is 4.03. The first-order valence-electron chi connectivity index (χ1n) is 7.37. The van der Waals surface area contributed by atoms with E-state index in [0.29, 0.717) is 17.8 Å². The van der Waals surface area contributed by atoms with E-state index in [4.69, 9.17) is 0 Å². The van der Waals surface area contributed by atoms with Crippen molar-refractivity contribution >= 4 is 11.7 Å². The van der Waals surface area contributed by atoms with Crippen LogP contribution < -0.4 is 5.32 Å². The summed E-state index contributed by atoms with van der Waals surface area (Å²) < 4.78 is 1.59. The van der Waals surface area contributed by atoms with Crippen molar-refractivity contribution < 1.29 is 9.90 Å². The molecule has 1 fully saturated rings. The number of aryl methyl sites for hydroxylation is 1. The average Bonchev–Trinajstić information content (AvgIpc) is 2.97. The number of nitrogens with one attached hydrogen (secondary N) is 1. The minimum Gasteiger partial charge on any atom is -0.391 e. The lowest BCUT2D eigenvalue weighted by molar-refractivity contribution is 0.0716. The van der Waals surface area contributed by atoms with Gasteiger partial charge in [-0.25, -0.2) is 9.50 Å². The number of nitrogens with zero attached hydrogens (tertiary/aromatic N) is 4. The van der Waals surface area contributed by atoms with E-state index in [2.05, 4.69) is 20.4 Å². The molecule has 3 rings (SSSR count). The molecule has 0 aromatic carbocycles. The molecular formula is C14H19N5O2. The van der Waals surface area contributed by atoms with E-state index in [-0.39, 0.29) is 11.9 Å². The van der Waals surface area contributed by atoms with E-state index in [0.717, 1.165) is 31.4 Å². The number of carbonyl (C=O) groups is 1. The van der Waals surface area contributed by atoms with E-state index in [9.17, 15) is 9.90 Å². The van der Waals surface area contributed by atoms with E-state index >= 15 is 0 Å². The standard InChI is InChI=1S/C14H19N5O2/c1-2-11-9(7-15-14-16-8-17-19(11)14)13(21)18-10-5-3-4-6-12(10)20/h7-8,10,12,20H,2-6H2,1H3,(H,18,21). The van der Waals surface area contributed by atoms with Crippen molar-refractivity contribution in [3.63, 3.8) is 0 Å². The molecule has 1 aliphatic rings. The Labute approximate surface area is 122 Å². The van der Waals surface area contributed by atoms with Gasteiger partial charge < -0.3 is 10.4 Å². The van der Waals surface area contributed by atoms with Gasteiger partial charge in [0.05, 0.1) is 23.4 Å². The van der Waals surface area contributed by atoms with Gasteiger partial charge in [0.2, 0.25) is 0 Å². The number of amides is 1. The molecule has 2 heterocycles. The lowest BCUT2D eigenvalue weighted by atomic mass is 9.92. The fourth-order valence-corrected chi connectivity index (χ4v) is 2.88. The summed E-state index contributed by atoms with van der Waals surface area (Å²) in [7, 11) is 0. The van der Waals surface area contributed by atoms with E-state index in [1.165, 1.54) is 12.5 Å². The molecule has 0 saturated heterocycles. The maximum atomic E-state index is 12.5. The van der Waals surface area contributed by atoms with Crippen LogP contribution in [0.25, 0.3) is 5.78 Å². The van der Waals surface area contributed by atoms with E-state index in [1.807, 2.05) is 6.92 Å². The Morgan fingerprint density at radius 2 is 2.24 bits per heavy atom. The number of carbonyl (C=O) groups excluding carboxylic acids is 1. The van der Waals surface area contributed by atoms with Crippen molar-refractivity contribution in [1.29, 1.82) is 0 Å². The van der Waals surface area contributed by atoms with Gasteiger partial charge in [0, 0.05) is 6.20 Å². The Kier molecular flexibility index (Phi) is 3.83. The second-order valence-electron chi connectivity index (χ2n) is 5.38. The summed E-state index contributed by atoms with van der Waals surface area (Å²) in [6, 6.07) is -0.178. The zero-order chi connectivity index (χ0) is 14.8. The van der Waals surface area contributed by atoms with Crippen molar-refractivity contribution in [2.75, 3.05) is 0 Å². The first-order chi connectivity index (χ1) is 10.2. The Bertz CT molecular complexity index is 654. The highest BCUT2D eigenvalue weighted by Crippen LogP contribution is 2.19. The van der Waals surface area contributed by atoms with Crippen LogP contribution in [0.2, 0.25) is 0 Å². The lowest BCUT2D eigenvalue weighted by Gasteiger charge is -2.28. The quantitative estimate of drug-likeness (QED) is 0.868. The lowest BCUT2D eigenvalue weighted by Crippen LogP contribution is -2.45. The summed E-state index contributed by atoms with van der Waals surface area (Å²) >= 11 is 0. The van der Waals surface area contributed by atoms with Gasteiger partial charge in [-0.1, -0.05) is 19.8 Å². The van der Waals surface area contributed by atoms with Gasteiger partial charge in [-0.05, 0) is 19.3 Å². The number of rotatable bonds is 3. The zero-order valence-electron chi connectivity index (χ0n) is 12.0. The normalized spacial score (nSPS) is 22.4. The molecule has 2 aromatic rings. The van der Waals surface area contributed by atoms with Gasteiger partial charge in [-0.2, -0.15) is 10.1 Å². The van der Waals surface area contributed by atoms with Crippen molar-refractivity contribution in [3.05, 3.63) is 23.8 Å². The highest BCUT2D eigenvalue weighted by molar-refractivity contribution is 5.95. The first kappa shape index (κ1) is 13.9. The van der Waals surface area contributed by atoms with Gasteiger partial charge in [-0.3, -0.25) is 4.79 Å². The van der Waals surface area contributed by atoms with Crippen LogP contribution in [0.5, 0.6) is 0 Å². The summed E-state index contributed by atoms with van der Waals surface area (Å²) in [5.74, 6) is 0.281. The van der Waals surface area contributed by atoms with Crippen LogP contribution in [0.15, 0.2) is 12.5 Å². The molecule has 2 N–H and O–H groups in total. The minimum absolute atomic E-state index is 0.178. The SMILES string of the molecule is CCc1c(C(=O)NC2CCCCC2O)cnc2ncnn12. The maximum Gasteiger partial charge on any atom is 0.255 e. The molecular weight excluding hydrogens is 270 g/mol. The van der Waals surface area contributed by atoms with E-state index in [1.54, 1.807) is 4.52 Å². The second-order valence-corrected chi connectivity index (χ2v) is 5.38. The third-order valence-electron chi connectivity index (χ3n) is 4.03. The topological polar surface area (TPSA) is 92.4 Å². The number of fused-ring (bicyclic) bond motifs is 1. The molecule has 2 aromatic heterocycles. The second kappa shape index (κ2) is 5.77. The average molecular weight is 289 g/mol. The van der Waals surface area contributed by atoms with Crippen molar-refractivity contribution in [3.8, 4) is 0 Å². The molecule has 0 bridgehead atoms. The largest absolute Gasteiger partial charge is 0.391 e. The molecule has 0 aliphatic heterocycles. The molecule has 21 heavy (non-hydrogen) atoms. The molecule has 0 radical (unpaired) electrons. The Morgan fingerprint density at radius 1 is 1.43 bits per heavy atom. The highest BCUT2D eigenvalue weighted by atomic mass is 16.3. The van der Waals surface area contributed by atoms with Crippen LogP contribution in [0.4, 0.5) is 0 Å². The van der Waals surface area contributed by atoms with Crippen LogP contribution >= 0.6 is 0 Å². The van der Waals surface area contributed by atoms with Crippen LogP contribution in [-0.2, 0) is 6.42 Å². The number of aliphatic hydroxyl groups is 1. The first-order valence-corrected chi connectivity index (χ1v) is 7.37. The summed E-state index contributed by atoms with van der Waals surface area (Å²) in [5, 5.41) is 17.0. The smallest absolute Gasteiger partial charge is 0.255 e. The van der Waals surface area contributed by atoms with Crippen molar-refractivity contribution in [2.45, 2.75) is 51.2 Å². The fourth-order valence-electron chi connectivity index (χ4n) is 2.88. The number of aromatic nitrogens is 4. The minimum atomic E-state index is -0.462. The van der Waals surface area contributed by atoms with Gasteiger partial charge in [-0.15, -0.1) is 0 Å². The van der Waals surface area contributed by atoms with Crippen molar-refractivity contribution in [1.82, 2.24) is 24.9 Å². The van der Waals surface area contributed by atoms with Crippen LogP contribution in [0.1, 0.15) is 48.7 Å². The molecule has 2 unspecified atom stereocenters. The number of aliphatic hydroxyl groups excluding tert-OH is 1. The highest BCUT2D eigenvalue weighted by Gasteiger charge is 2.26. The zero-order valence-corrected chi connectivity index (χ0v) is 12.0. The molecule has 1 aliphatic carbocycles.